The van der Waals surface area contributed by atoms with E-state index in [1.165, 1.54) is 4.57 Å². The molecule has 108 valence electrons. The Morgan fingerprint density at radius 2 is 2.29 bits per heavy atom. The molecule has 6 heteroatoms. The Labute approximate surface area is 134 Å². The lowest BCUT2D eigenvalue weighted by Crippen LogP contribution is -2.11. The molecular weight excluding hydrogens is 352 g/mol. The highest BCUT2D eigenvalue weighted by molar-refractivity contribution is 9.10. The van der Waals surface area contributed by atoms with Crippen molar-refractivity contribution in [3.63, 3.8) is 0 Å². The number of thiazole rings is 1. The standard InChI is InChI=1S/C15H13BrN2O2S/c1-2-5-18-14(19)13(21-15(18)20)6-9-8-17-12-4-3-10(16)7-11(9)12/h3-4,6-8,19H,2,5H2,1H3. The van der Waals surface area contributed by atoms with Crippen molar-refractivity contribution < 1.29 is 5.11 Å². The first-order valence-corrected chi connectivity index (χ1v) is 8.19. The van der Waals surface area contributed by atoms with Crippen LogP contribution in [0.5, 0.6) is 5.88 Å². The molecule has 4 nitrogen and oxygen atoms in total. The number of nitrogens with zero attached hydrogens (tertiary/aromatic N) is 2. The summed E-state index contributed by atoms with van der Waals surface area (Å²) < 4.78 is 2.38. The number of benzene rings is 1. The summed E-state index contributed by atoms with van der Waals surface area (Å²) in [4.78, 5) is 16.7. The van der Waals surface area contributed by atoms with Crippen molar-refractivity contribution in [1.82, 2.24) is 4.57 Å². The summed E-state index contributed by atoms with van der Waals surface area (Å²) in [6, 6.07) is 5.85. The smallest absolute Gasteiger partial charge is 0.310 e. The number of hydrogen-bond acceptors (Lipinski definition) is 4. The van der Waals surface area contributed by atoms with Gasteiger partial charge in [0.25, 0.3) is 0 Å². The molecule has 1 aliphatic rings. The van der Waals surface area contributed by atoms with Crippen LogP contribution in [0.4, 0.5) is 5.69 Å². The SMILES string of the molecule is CCCn1c(O)c(C=C2C=Nc3ccc(Br)cc32)sc1=O. The molecule has 0 saturated carbocycles. The van der Waals surface area contributed by atoms with Gasteiger partial charge in [0, 0.05) is 28.4 Å². The second kappa shape index (κ2) is 5.61. The van der Waals surface area contributed by atoms with Gasteiger partial charge in [-0.25, -0.2) is 0 Å². The fraction of sp³-hybridized carbons (Fsp3) is 0.200. The van der Waals surface area contributed by atoms with E-state index in [1.807, 2.05) is 31.2 Å². The number of aliphatic imine (C=N–C) groups is 1. The Bertz CT molecular complexity index is 818. The van der Waals surface area contributed by atoms with Crippen LogP contribution in [-0.2, 0) is 6.54 Å². The maximum atomic E-state index is 11.9. The number of fused-ring (bicyclic) bond motifs is 1. The van der Waals surface area contributed by atoms with Crippen molar-refractivity contribution >= 4 is 50.8 Å². The minimum absolute atomic E-state index is 0.0381. The first-order valence-electron chi connectivity index (χ1n) is 6.58. The molecule has 0 amide bonds. The second-order valence-electron chi connectivity index (χ2n) is 4.73. The van der Waals surface area contributed by atoms with Crippen LogP contribution in [0.1, 0.15) is 23.8 Å². The van der Waals surface area contributed by atoms with Crippen LogP contribution >= 0.6 is 27.3 Å². The van der Waals surface area contributed by atoms with Gasteiger partial charge in [0.2, 0.25) is 5.88 Å². The third kappa shape index (κ3) is 2.61. The van der Waals surface area contributed by atoms with Gasteiger partial charge < -0.3 is 5.11 Å². The molecule has 0 bridgehead atoms. The van der Waals surface area contributed by atoms with E-state index >= 15 is 0 Å². The second-order valence-corrected chi connectivity index (χ2v) is 6.64. The Hall–Kier alpha value is -1.66. The number of rotatable bonds is 3. The van der Waals surface area contributed by atoms with Crippen LogP contribution in [0.2, 0.25) is 0 Å². The van der Waals surface area contributed by atoms with E-state index in [2.05, 4.69) is 20.9 Å². The van der Waals surface area contributed by atoms with Crippen molar-refractivity contribution in [1.29, 1.82) is 0 Å². The topological polar surface area (TPSA) is 54.6 Å². The molecule has 21 heavy (non-hydrogen) atoms. The van der Waals surface area contributed by atoms with Gasteiger partial charge in [0.05, 0.1) is 10.6 Å². The number of aromatic nitrogens is 1. The first kappa shape index (κ1) is 14.3. The Balaban J connectivity index is 2.06. The lowest BCUT2D eigenvalue weighted by atomic mass is 10.1. The van der Waals surface area contributed by atoms with Crippen LogP contribution in [0.3, 0.4) is 0 Å². The summed E-state index contributed by atoms with van der Waals surface area (Å²) >= 11 is 4.50. The van der Waals surface area contributed by atoms with Crippen molar-refractivity contribution in [2.24, 2.45) is 4.99 Å². The van der Waals surface area contributed by atoms with E-state index in [9.17, 15) is 9.90 Å². The summed E-state index contributed by atoms with van der Waals surface area (Å²) in [5.41, 5.74) is 2.78. The minimum atomic E-state index is -0.134. The van der Waals surface area contributed by atoms with Crippen LogP contribution in [-0.4, -0.2) is 15.9 Å². The van der Waals surface area contributed by atoms with Gasteiger partial charge in [-0.3, -0.25) is 14.4 Å². The molecule has 1 aromatic heterocycles. The number of aromatic hydroxyl groups is 1. The van der Waals surface area contributed by atoms with Gasteiger partial charge in [-0.2, -0.15) is 0 Å². The molecule has 3 rings (SSSR count). The van der Waals surface area contributed by atoms with Gasteiger partial charge in [-0.1, -0.05) is 34.2 Å². The van der Waals surface area contributed by atoms with E-state index in [0.29, 0.717) is 11.4 Å². The molecule has 1 aromatic carbocycles. The molecule has 0 fully saturated rings. The van der Waals surface area contributed by atoms with Gasteiger partial charge in [-0.15, -0.1) is 0 Å². The summed E-state index contributed by atoms with van der Waals surface area (Å²) in [7, 11) is 0. The zero-order chi connectivity index (χ0) is 15.0. The van der Waals surface area contributed by atoms with Gasteiger partial charge in [0.1, 0.15) is 0 Å². The minimum Gasteiger partial charge on any atom is -0.493 e. The van der Waals surface area contributed by atoms with E-state index < -0.39 is 0 Å². The molecular formula is C15H13BrN2O2S. The molecule has 1 aliphatic heterocycles. The molecule has 0 spiro atoms. The first-order chi connectivity index (χ1) is 10.1. The number of allylic oxidation sites excluding steroid dienone is 1. The average molecular weight is 365 g/mol. The number of halogens is 1. The van der Waals surface area contributed by atoms with E-state index in [4.69, 9.17) is 0 Å². The van der Waals surface area contributed by atoms with Gasteiger partial charge in [0.15, 0.2) is 0 Å². The summed E-state index contributed by atoms with van der Waals surface area (Å²) in [5.74, 6) is 0.0381. The maximum absolute atomic E-state index is 11.9. The van der Waals surface area contributed by atoms with Crippen molar-refractivity contribution in [3.05, 3.63) is 42.8 Å². The lowest BCUT2D eigenvalue weighted by molar-refractivity contribution is 0.411. The Morgan fingerprint density at radius 3 is 3.05 bits per heavy atom. The summed E-state index contributed by atoms with van der Waals surface area (Å²) in [5, 5.41) is 10.2. The van der Waals surface area contributed by atoms with Crippen molar-refractivity contribution in [3.8, 4) is 5.88 Å². The normalized spacial score (nSPS) is 14.9. The Morgan fingerprint density at radius 1 is 1.48 bits per heavy atom. The zero-order valence-electron chi connectivity index (χ0n) is 11.3. The largest absolute Gasteiger partial charge is 0.493 e. The van der Waals surface area contributed by atoms with E-state index in [1.54, 1.807) is 6.21 Å². The highest BCUT2D eigenvalue weighted by Crippen LogP contribution is 2.36. The summed E-state index contributed by atoms with van der Waals surface area (Å²) in [6.45, 7) is 2.50. The predicted molar refractivity (Wildman–Crippen MR) is 90.7 cm³/mol. The third-order valence-electron chi connectivity index (χ3n) is 3.24. The van der Waals surface area contributed by atoms with Crippen LogP contribution in [0.15, 0.2) is 32.5 Å². The molecule has 2 aromatic rings. The fourth-order valence-corrected chi connectivity index (χ4v) is 3.47. The highest BCUT2D eigenvalue weighted by atomic mass is 79.9. The molecule has 0 radical (unpaired) electrons. The molecule has 0 atom stereocenters. The molecule has 0 saturated heterocycles. The van der Waals surface area contributed by atoms with E-state index in [-0.39, 0.29) is 10.8 Å². The molecule has 2 heterocycles. The van der Waals surface area contributed by atoms with Crippen molar-refractivity contribution in [2.75, 3.05) is 0 Å². The highest BCUT2D eigenvalue weighted by Gasteiger charge is 2.16. The molecule has 0 aliphatic carbocycles. The summed E-state index contributed by atoms with van der Waals surface area (Å²) in [6.07, 6.45) is 4.37. The predicted octanol–water partition coefficient (Wildman–Crippen LogP) is 4.04. The average Bonchev–Trinajstić information content (AvgIpc) is 2.96. The maximum Gasteiger partial charge on any atom is 0.310 e. The lowest BCUT2D eigenvalue weighted by Gasteiger charge is -2.01. The van der Waals surface area contributed by atoms with E-state index in [0.717, 1.165) is 39.1 Å². The fourth-order valence-electron chi connectivity index (χ4n) is 2.25. The Kier molecular flexibility index (Phi) is 3.82. The van der Waals surface area contributed by atoms with Crippen LogP contribution < -0.4 is 4.87 Å². The third-order valence-corrected chi connectivity index (χ3v) is 4.65. The molecule has 1 N–H and O–H groups in total. The van der Waals surface area contributed by atoms with Crippen LogP contribution in [0.25, 0.3) is 11.6 Å². The quantitative estimate of drug-likeness (QED) is 0.893. The molecule has 0 unspecified atom stereocenters. The van der Waals surface area contributed by atoms with Gasteiger partial charge in [-0.05, 0) is 30.7 Å². The monoisotopic (exact) mass is 364 g/mol. The van der Waals surface area contributed by atoms with Crippen LogP contribution in [0, 0.1) is 0 Å². The van der Waals surface area contributed by atoms with Crippen molar-refractivity contribution in [2.45, 2.75) is 19.9 Å². The van der Waals surface area contributed by atoms with Gasteiger partial charge >= 0.3 is 4.87 Å². The zero-order valence-corrected chi connectivity index (χ0v) is 13.7. The number of hydrogen-bond donors (Lipinski definition) is 1.